The molecule has 0 aliphatic heterocycles. The van der Waals surface area contributed by atoms with E-state index in [1.54, 1.807) is 0 Å². The lowest BCUT2D eigenvalue weighted by atomic mass is 9.87. The van der Waals surface area contributed by atoms with Gasteiger partial charge in [-0.1, -0.05) is 44.6 Å². The molecule has 0 bridgehead atoms. The van der Waals surface area contributed by atoms with Gasteiger partial charge in [-0.15, -0.1) is 0 Å². The summed E-state index contributed by atoms with van der Waals surface area (Å²) in [7, 11) is 0. The minimum absolute atomic E-state index is 0.0543. The van der Waals surface area contributed by atoms with Crippen molar-refractivity contribution in [3.63, 3.8) is 0 Å². The number of ether oxygens (including phenoxy) is 1. The zero-order valence-electron chi connectivity index (χ0n) is 14.7. The second-order valence-electron chi connectivity index (χ2n) is 7.27. The lowest BCUT2D eigenvalue weighted by Gasteiger charge is -2.19. The molecule has 0 spiro atoms. The number of amides is 1. The summed E-state index contributed by atoms with van der Waals surface area (Å²) in [5.41, 5.74) is 2.87. The molecule has 1 aliphatic rings. The van der Waals surface area contributed by atoms with Gasteiger partial charge in [-0.3, -0.25) is 4.79 Å². The van der Waals surface area contributed by atoms with Crippen molar-refractivity contribution in [3.8, 4) is 5.75 Å². The number of carbonyl (C=O) groups is 1. The quantitative estimate of drug-likeness (QED) is 0.792. The van der Waals surface area contributed by atoms with E-state index in [1.165, 1.54) is 36.8 Å². The predicted octanol–water partition coefficient (Wildman–Crippen LogP) is 4.37. The number of hydrogen-bond acceptors (Lipinski definition) is 2. The van der Waals surface area contributed by atoms with Crippen LogP contribution in [0.15, 0.2) is 35.9 Å². The van der Waals surface area contributed by atoms with Gasteiger partial charge in [-0.25, -0.2) is 0 Å². The number of nitrogens with one attached hydrogen (secondary N) is 1. The maximum Gasteiger partial charge on any atom is 0.257 e. The fraction of sp³-hybridized carbons (Fsp3) is 0.550. The number of hydrogen-bond donors (Lipinski definition) is 1. The molecule has 3 nitrogen and oxygen atoms in total. The second-order valence-corrected chi connectivity index (χ2v) is 7.27. The lowest BCUT2D eigenvalue weighted by Crippen LogP contribution is -2.30. The Morgan fingerprint density at radius 1 is 1.17 bits per heavy atom. The number of rotatable bonds is 6. The molecule has 0 radical (unpaired) electrons. The van der Waals surface area contributed by atoms with Gasteiger partial charge < -0.3 is 10.1 Å². The second kappa shape index (κ2) is 8.19. The van der Waals surface area contributed by atoms with E-state index >= 15 is 0 Å². The van der Waals surface area contributed by atoms with Crippen LogP contribution in [-0.2, 0) is 10.2 Å². The summed E-state index contributed by atoms with van der Waals surface area (Å²) in [5, 5.41) is 2.93. The van der Waals surface area contributed by atoms with Gasteiger partial charge in [0.15, 0.2) is 6.61 Å². The van der Waals surface area contributed by atoms with Crippen molar-refractivity contribution < 1.29 is 9.53 Å². The standard InChI is InChI=1S/C20H29NO2/c1-20(2,3)17-9-11-18(12-10-17)23-15-19(22)21-14-13-16-7-5-4-6-8-16/h7,9-12H,4-6,8,13-15H2,1-3H3,(H,21,22). The van der Waals surface area contributed by atoms with Gasteiger partial charge in [0.2, 0.25) is 0 Å². The van der Waals surface area contributed by atoms with Crippen LogP contribution >= 0.6 is 0 Å². The van der Waals surface area contributed by atoms with E-state index in [2.05, 4.69) is 44.3 Å². The summed E-state index contributed by atoms with van der Waals surface area (Å²) in [6.45, 7) is 7.32. The van der Waals surface area contributed by atoms with Crippen LogP contribution < -0.4 is 10.1 Å². The summed E-state index contributed by atoms with van der Waals surface area (Å²) >= 11 is 0. The average molecular weight is 315 g/mol. The highest BCUT2D eigenvalue weighted by molar-refractivity contribution is 5.77. The molecule has 0 unspecified atom stereocenters. The molecule has 1 amide bonds. The van der Waals surface area contributed by atoms with Crippen LogP contribution in [0.4, 0.5) is 0 Å². The molecule has 1 aromatic rings. The lowest BCUT2D eigenvalue weighted by molar-refractivity contribution is -0.123. The first-order chi connectivity index (χ1) is 10.9. The van der Waals surface area contributed by atoms with Crippen LogP contribution in [0.5, 0.6) is 5.75 Å². The SMILES string of the molecule is CC(C)(C)c1ccc(OCC(=O)NCCC2=CCCCC2)cc1. The first-order valence-electron chi connectivity index (χ1n) is 8.63. The maximum absolute atomic E-state index is 11.8. The van der Waals surface area contributed by atoms with Gasteiger partial charge >= 0.3 is 0 Å². The maximum atomic E-state index is 11.8. The van der Waals surface area contributed by atoms with Crippen molar-refractivity contribution in [1.82, 2.24) is 5.32 Å². The van der Waals surface area contributed by atoms with Crippen molar-refractivity contribution in [3.05, 3.63) is 41.5 Å². The van der Waals surface area contributed by atoms with Gasteiger partial charge in [-0.05, 0) is 55.2 Å². The van der Waals surface area contributed by atoms with E-state index in [-0.39, 0.29) is 17.9 Å². The molecule has 126 valence electrons. The van der Waals surface area contributed by atoms with E-state index in [9.17, 15) is 4.79 Å². The number of benzene rings is 1. The highest BCUT2D eigenvalue weighted by Crippen LogP contribution is 2.24. The fourth-order valence-corrected chi connectivity index (χ4v) is 2.75. The minimum Gasteiger partial charge on any atom is -0.484 e. The Bertz CT molecular complexity index is 538. The molecule has 0 saturated carbocycles. The van der Waals surface area contributed by atoms with Crippen LogP contribution in [0.2, 0.25) is 0 Å². The summed E-state index contributed by atoms with van der Waals surface area (Å²) in [5.74, 6) is 0.685. The summed E-state index contributed by atoms with van der Waals surface area (Å²) in [4.78, 5) is 11.8. The van der Waals surface area contributed by atoms with Gasteiger partial charge in [0, 0.05) is 6.54 Å². The molecule has 3 heteroatoms. The van der Waals surface area contributed by atoms with Gasteiger partial charge in [0.25, 0.3) is 5.91 Å². The fourth-order valence-electron chi connectivity index (χ4n) is 2.75. The zero-order valence-corrected chi connectivity index (χ0v) is 14.7. The topological polar surface area (TPSA) is 38.3 Å². The van der Waals surface area contributed by atoms with Gasteiger partial charge in [0.05, 0.1) is 0 Å². The van der Waals surface area contributed by atoms with Crippen molar-refractivity contribution in [2.45, 2.75) is 58.3 Å². The Kier molecular flexibility index (Phi) is 6.26. The minimum atomic E-state index is -0.0543. The van der Waals surface area contributed by atoms with Crippen LogP contribution in [0, 0.1) is 0 Å². The molecule has 0 heterocycles. The van der Waals surface area contributed by atoms with Crippen molar-refractivity contribution in [2.75, 3.05) is 13.2 Å². The monoisotopic (exact) mass is 315 g/mol. The number of allylic oxidation sites excluding steroid dienone is 1. The smallest absolute Gasteiger partial charge is 0.257 e. The van der Waals surface area contributed by atoms with Crippen molar-refractivity contribution in [1.29, 1.82) is 0 Å². The molecule has 0 atom stereocenters. The zero-order chi connectivity index (χ0) is 16.7. The Hall–Kier alpha value is -1.77. The van der Waals surface area contributed by atoms with E-state index < -0.39 is 0 Å². The molecule has 0 saturated heterocycles. The van der Waals surface area contributed by atoms with Gasteiger partial charge in [0.1, 0.15) is 5.75 Å². The Balaban J connectivity index is 1.68. The van der Waals surface area contributed by atoms with Gasteiger partial charge in [-0.2, -0.15) is 0 Å². The third kappa shape index (κ3) is 6.09. The molecule has 1 N–H and O–H groups in total. The third-order valence-corrected chi connectivity index (χ3v) is 4.24. The molecular formula is C20H29NO2. The first kappa shape index (κ1) is 17.6. The Morgan fingerprint density at radius 2 is 1.91 bits per heavy atom. The summed E-state index contributed by atoms with van der Waals surface area (Å²) in [6, 6.07) is 7.98. The molecule has 0 aromatic heterocycles. The average Bonchev–Trinajstić information content (AvgIpc) is 2.53. The third-order valence-electron chi connectivity index (χ3n) is 4.24. The van der Waals surface area contributed by atoms with Crippen LogP contribution in [-0.4, -0.2) is 19.1 Å². The van der Waals surface area contributed by atoms with E-state index in [0.29, 0.717) is 6.54 Å². The normalized spacial score (nSPS) is 15.0. The van der Waals surface area contributed by atoms with Crippen molar-refractivity contribution in [2.24, 2.45) is 0 Å². The highest BCUT2D eigenvalue weighted by Gasteiger charge is 2.13. The van der Waals surface area contributed by atoms with Crippen LogP contribution in [0.3, 0.4) is 0 Å². The summed E-state index contributed by atoms with van der Waals surface area (Å²) in [6.07, 6.45) is 8.25. The predicted molar refractivity (Wildman–Crippen MR) is 94.8 cm³/mol. The molecule has 0 fully saturated rings. The Morgan fingerprint density at radius 3 is 2.52 bits per heavy atom. The first-order valence-corrected chi connectivity index (χ1v) is 8.63. The molecule has 23 heavy (non-hydrogen) atoms. The van der Waals surface area contributed by atoms with E-state index in [0.717, 1.165) is 12.2 Å². The highest BCUT2D eigenvalue weighted by atomic mass is 16.5. The van der Waals surface area contributed by atoms with E-state index in [4.69, 9.17) is 4.74 Å². The summed E-state index contributed by atoms with van der Waals surface area (Å²) < 4.78 is 5.55. The van der Waals surface area contributed by atoms with Crippen LogP contribution in [0.1, 0.15) is 58.4 Å². The molecule has 1 aliphatic carbocycles. The van der Waals surface area contributed by atoms with Crippen LogP contribution in [0.25, 0.3) is 0 Å². The Labute approximate surface area is 140 Å². The van der Waals surface area contributed by atoms with Crippen molar-refractivity contribution >= 4 is 5.91 Å². The number of carbonyl (C=O) groups excluding carboxylic acids is 1. The molecule has 1 aromatic carbocycles. The largest absolute Gasteiger partial charge is 0.484 e. The van der Waals surface area contributed by atoms with E-state index in [1.807, 2.05) is 12.1 Å². The molecule has 2 rings (SSSR count). The molecular weight excluding hydrogens is 286 g/mol.